The number of para-hydroxylation sites is 1. The van der Waals surface area contributed by atoms with Gasteiger partial charge in [-0.1, -0.05) is 36.4 Å². The largest absolute Gasteiger partial charge is 0.444 e. The van der Waals surface area contributed by atoms with E-state index in [0.29, 0.717) is 0 Å². The summed E-state index contributed by atoms with van der Waals surface area (Å²) in [7, 11) is 0. The van der Waals surface area contributed by atoms with Crippen molar-refractivity contribution < 1.29 is 9.53 Å². The number of nitrogens with one attached hydrogen (secondary N) is 2. The molecule has 1 fully saturated rings. The van der Waals surface area contributed by atoms with Crippen LogP contribution in [0.25, 0.3) is 28.3 Å². The summed E-state index contributed by atoms with van der Waals surface area (Å²) in [5.41, 5.74) is 5.14. The number of aromatic nitrogens is 3. The van der Waals surface area contributed by atoms with Gasteiger partial charge >= 0.3 is 6.09 Å². The number of fused-ring (bicyclic) bond motifs is 5. The van der Waals surface area contributed by atoms with E-state index >= 15 is 0 Å². The molecule has 2 aromatic carbocycles. The molecule has 0 radical (unpaired) electrons. The maximum Gasteiger partial charge on any atom is 0.408 e. The van der Waals surface area contributed by atoms with Gasteiger partial charge in [0, 0.05) is 17.3 Å². The summed E-state index contributed by atoms with van der Waals surface area (Å²) in [6.45, 7) is 5.64. The third-order valence-electron chi connectivity index (χ3n) is 6.89. The van der Waals surface area contributed by atoms with Crippen molar-refractivity contribution in [3.63, 3.8) is 0 Å². The fourth-order valence-electron chi connectivity index (χ4n) is 5.05. The first-order valence-corrected chi connectivity index (χ1v) is 12.3. The number of pyridine rings is 1. The van der Waals surface area contributed by atoms with Crippen LogP contribution >= 0.6 is 0 Å². The molecule has 1 aliphatic carbocycles. The van der Waals surface area contributed by atoms with E-state index in [2.05, 4.69) is 56.6 Å². The smallest absolute Gasteiger partial charge is 0.408 e. The lowest BCUT2D eigenvalue weighted by Crippen LogP contribution is -2.52. The SMILES string of the molecule is CC(C)(C)OC(=O)NC1(c2ccc(-c3cnc4n3-c3cccnc3Nc3ccccc3-4)cc2)CCC1. The zero-order valence-electron chi connectivity index (χ0n) is 20.7. The van der Waals surface area contributed by atoms with Crippen LogP contribution in [0, 0.1) is 0 Å². The van der Waals surface area contributed by atoms with Crippen LogP contribution in [0.5, 0.6) is 0 Å². The number of imidazole rings is 1. The minimum absolute atomic E-state index is 0.373. The number of rotatable bonds is 3. The highest BCUT2D eigenvalue weighted by Gasteiger charge is 2.41. The normalized spacial score (nSPS) is 15.3. The number of anilines is 2. The van der Waals surface area contributed by atoms with Crippen molar-refractivity contribution in [3.05, 3.63) is 78.6 Å². The zero-order valence-corrected chi connectivity index (χ0v) is 20.7. The number of nitrogens with zero attached hydrogens (tertiary/aromatic N) is 3. The van der Waals surface area contributed by atoms with E-state index in [1.54, 1.807) is 6.20 Å². The summed E-state index contributed by atoms with van der Waals surface area (Å²) in [6.07, 6.45) is 6.21. The predicted octanol–water partition coefficient (Wildman–Crippen LogP) is 6.56. The van der Waals surface area contributed by atoms with Gasteiger partial charge in [0.2, 0.25) is 0 Å². The molecule has 3 heterocycles. The average Bonchev–Trinajstić information content (AvgIpc) is 3.20. The summed E-state index contributed by atoms with van der Waals surface area (Å²) < 4.78 is 7.70. The molecule has 0 spiro atoms. The average molecular weight is 480 g/mol. The minimum atomic E-state index is -0.530. The highest BCUT2D eigenvalue weighted by molar-refractivity contribution is 5.85. The zero-order chi connectivity index (χ0) is 24.9. The van der Waals surface area contributed by atoms with Crippen LogP contribution in [0.2, 0.25) is 0 Å². The van der Waals surface area contributed by atoms with Gasteiger partial charge < -0.3 is 15.4 Å². The van der Waals surface area contributed by atoms with Crippen LogP contribution in [0.1, 0.15) is 45.6 Å². The first-order valence-electron chi connectivity index (χ1n) is 12.3. The Kier molecular flexibility index (Phi) is 5.10. The molecule has 7 nitrogen and oxygen atoms in total. The second kappa shape index (κ2) is 8.22. The Morgan fingerprint density at radius 3 is 2.53 bits per heavy atom. The fourth-order valence-corrected chi connectivity index (χ4v) is 5.05. The molecule has 0 saturated heterocycles. The number of carbonyl (C=O) groups excluding carboxylic acids is 1. The number of alkyl carbamates (subject to hydrolysis) is 1. The van der Waals surface area contributed by atoms with Crippen molar-refractivity contribution in [2.45, 2.75) is 51.2 Å². The van der Waals surface area contributed by atoms with Gasteiger partial charge in [0.05, 0.1) is 28.8 Å². The van der Waals surface area contributed by atoms with Crippen molar-refractivity contribution in [2.24, 2.45) is 0 Å². The standard InChI is InChI=1S/C29H29N5O2/c1-28(2,3)36-27(35)33-29(15-7-16-29)20-13-11-19(12-14-20)24-18-31-26-21-8-4-5-9-22(21)32-25-23(34(24)26)10-6-17-30-25/h4-6,8-14,17-18H,7,15-16H2,1-3H3,(H,30,32)(H,33,35). The molecular formula is C29H29N5O2. The number of hydrogen-bond donors (Lipinski definition) is 2. The number of ether oxygens (including phenoxy) is 1. The second-order valence-corrected chi connectivity index (χ2v) is 10.5. The lowest BCUT2D eigenvalue weighted by molar-refractivity contribution is 0.0377. The first-order chi connectivity index (χ1) is 17.3. The molecule has 2 aromatic heterocycles. The minimum Gasteiger partial charge on any atom is -0.444 e. The number of amides is 1. The molecular weight excluding hydrogens is 450 g/mol. The van der Waals surface area contributed by atoms with Gasteiger partial charge in [0.15, 0.2) is 5.82 Å². The highest BCUT2D eigenvalue weighted by Crippen LogP contribution is 2.43. The molecule has 2 N–H and O–H groups in total. The van der Waals surface area contributed by atoms with Crippen LogP contribution < -0.4 is 10.6 Å². The van der Waals surface area contributed by atoms with Gasteiger partial charge in [-0.2, -0.15) is 0 Å². The number of carbonyl (C=O) groups is 1. The Bertz CT molecular complexity index is 1450. The Hall–Kier alpha value is -4.13. The molecule has 2 aliphatic rings. The maximum atomic E-state index is 12.5. The van der Waals surface area contributed by atoms with E-state index in [-0.39, 0.29) is 11.6 Å². The maximum absolute atomic E-state index is 12.5. The van der Waals surface area contributed by atoms with Crippen LogP contribution in [0.4, 0.5) is 16.3 Å². The Balaban J connectivity index is 1.38. The van der Waals surface area contributed by atoms with Gasteiger partial charge in [-0.3, -0.25) is 4.57 Å². The Labute approximate surface area is 210 Å². The molecule has 1 aliphatic heterocycles. The number of benzene rings is 2. The van der Waals surface area contributed by atoms with Crippen LogP contribution in [-0.4, -0.2) is 26.2 Å². The lowest BCUT2D eigenvalue weighted by Gasteiger charge is -2.43. The predicted molar refractivity (Wildman–Crippen MR) is 140 cm³/mol. The molecule has 1 amide bonds. The summed E-state index contributed by atoms with van der Waals surface area (Å²) in [5.74, 6) is 1.65. The third-order valence-corrected chi connectivity index (χ3v) is 6.89. The molecule has 36 heavy (non-hydrogen) atoms. The number of hydrogen-bond acceptors (Lipinski definition) is 5. The van der Waals surface area contributed by atoms with E-state index in [0.717, 1.165) is 64.7 Å². The second-order valence-electron chi connectivity index (χ2n) is 10.5. The van der Waals surface area contributed by atoms with Crippen molar-refractivity contribution in [2.75, 3.05) is 5.32 Å². The van der Waals surface area contributed by atoms with Crippen LogP contribution in [-0.2, 0) is 10.3 Å². The molecule has 4 aromatic rings. The van der Waals surface area contributed by atoms with Gasteiger partial charge in [-0.05, 0) is 69.9 Å². The molecule has 182 valence electrons. The van der Waals surface area contributed by atoms with Gasteiger partial charge in [0.25, 0.3) is 0 Å². The monoisotopic (exact) mass is 479 g/mol. The Morgan fingerprint density at radius 2 is 1.81 bits per heavy atom. The molecule has 1 saturated carbocycles. The molecule has 7 heteroatoms. The Morgan fingerprint density at radius 1 is 1.03 bits per heavy atom. The van der Waals surface area contributed by atoms with Crippen molar-refractivity contribution >= 4 is 17.6 Å². The van der Waals surface area contributed by atoms with E-state index in [9.17, 15) is 4.79 Å². The van der Waals surface area contributed by atoms with Crippen molar-refractivity contribution in [1.29, 1.82) is 0 Å². The van der Waals surface area contributed by atoms with Gasteiger partial charge in [-0.15, -0.1) is 0 Å². The molecule has 0 atom stereocenters. The van der Waals surface area contributed by atoms with Crippen LogP contribution in [0.3, 0.4) is 0 Å². The highest BCUT2D eigenvalue weighted by atomic mass is 16.6. The fraction of sp³-hybridized carbons (Fsp3) is 0.276. The quantitative estimate of drug-likeness (QED) is 0.306. The van der Waals surface area contributed by atoms with E-state index in [1.165, 1.54) is 0 Å². The van der Waals surface area contributed by atoms with E-state index < -0.39 is 5.60 Å². The van der Waals surface area contributed by atoms with E-state index in [4.69, 9.17) is 9.72 Å². The molecule has 0 unspecified atom stereocenters. The van der Waals surface area contributed by atoms with Crippen LogP contribution in [0.15, 0.2) is 73.1 Å². The lowest BCUT2D eigenvalue weighted by atomic mass is 9.72. The summed E-state index contributed by atoms with van der Waals surface area (Å²) in [6, 6.07) is 20.6. The third kappa shape index (κ3) is 3.81. The molecule has 6 rings (SSSR count). The summed E-state index contributed by atoms with van der Waals surface area (Å²) in [5, 5.41) is 6.61. The van der Waals surface area contributed by atoms with Gasteiger partial charge in [0.1, 0.15) is 11.4 Å². The van der Waals surface area contributed by atoms with Gasteiger partial charge in [-0.25, -0.2) is 14.8 Å². The van der Waals surface area contributed by atoms with Crippen molar-refractivity contribution in [3.8, 4) is 28.3 Å². The summed E-state index contributed by atoms with van der Waals surface area (Å²) >= 11 is 0. The topological polar surface area (TPSA) is 81.1 Å². The summed E-state index contributed by atoms with van der Waals surface area (Å²) in [4.78, 5) is 22.0. The van der Waals surface area contributed by atoms with E-state index in [1.807, 2.05) is 51.2 Å². The first kappa shape index (κ1) is 22.3. The van der Waals surface area contributed by atoms with Crippen molar-refractivity contribution in [1.82, 2.24) is 19.9 Å². The molecule has 0 bridgehead atoms.